The highest BCUT2D eigenvalue weighted by Crippen LogP contribution is 2.30. The normalized spacial score (nSPS) is 15.9. The van der Waals surface area contributed by atoms with Crippen LogP contribution in [0.1, 0.15) is 28.8 Å². The van der Waals surface area contributed by atoms with E-state index in [-0.39, 0.29) is 17.7 Å². The summed E-state index contributed by atoms with van der Waals surface area (Å²) >= 11 is 0. The van der Waals surface area contributed by atoms with E-state index < -0.39 is 5.91 Å². The molecule has 2 N–H and O–H groups in total. The van der Waals surface area contributed by atoms with Crippen molar-refractivity contribution in [1.82, 2.24) is 15.8 Å². The second kappa shape index (κ2) is 10.00. The number of fused-ring (bicyclic) bond motifs is 1. The van der Waals surface area contributed by atoms with Crippen molar-refractivity contribution in [1.29, 1.82) is 0 Å². The van der Waals surface area contributed by atoms with Gasteiger partial charge in [-0.05, 0) is 42.7 Å². The van der Waals surface area contributed by atoms with Crippen LogP contribution >= 0.6 is 0 Å². The molecule has 2 aromatic rings. The van der Waals surface area contributed by atoms with Crippen LogP contribution in [-0.2, 0) is 9.59 Å². The largest absolute Gasteiger partial charge is 0.486 e. The highest BCUT2D eigenvalue weighted by molar-refractivity contribution is 5.96. The lowest BCUT2D eigenvalue weighted by atomic mass is 9.96. The van der Waals surface area contributed by atoms with Crippen molar-refractivity contribution in [3.8, 4) is 11.5 Å². The highest BCUT2D eigenvalue weighted by Gasteiger charge is 2.27. The summed E-state index contributed by atoms with van der Waals surface area (Å²) < 4.78 is 10.9. The Bertz CT molecular complexity index is 1010. The molecule has 3 amide bonds. The first-order valence-corrected chi connectivity index (χ1v) is 10.6. The lowest BCUT2D eigenvalue weighted by molar-refractivity contribution is -0.132. The number of rotatable bonds is 4. The fraction of sp³-hybridized carbons (Fsp3) is 0.292. The van der Waals surface area contributed by atoms with Crippen LogP contribution < -0.4 is 20.3 Å². The molecule has 0 saturated carbocycles. The van der Waals surface area contributed by atoms with E-state index in [0.29, 0.717) is 56.2 Å². The Hall–Kier alpha value is -3.81. The van der Waals surface area contributed by atoms with Gasteiger partial charge in [-0.2, -0.15) is 0 Å². The van der Waals surface area contributed by atoms with E-state index in [1.165, 1.54) is 0 Å². The van der Waals surface area contributed by atoms with E-state index in [9.17, 15) is 14.4 Å². The van der Waals surface area contributed by atoms with Gasteiger partial charge in [-0.25, -0.2) is 0 Å². The summed E-state index contributed by atoms with van der Waals surface area (Å²) in [5.74, 6) is 0.0690. The Labute approximate surface area is 186 Å². The predicted octanol–water partition coefficient (Wildman–Crippen LogP) is 2.17. The van der Waals surface area contributed by atoms with Crippen LogP contribution in [0.5, 0.6) is 11.5 Å². The summed E-state index contributed by atoms with van der Waals surface area (Å²) in [6.45, 7) is 1.89. The number of hydrogen-bond donors (Lipinski definition) is 2. The summed E-state index contributed by atoms with van der Waals surface area (Å²) in [5, 5.41) is 0. The third-order valence-electron chi connectivity index (χ3n) is 5.50. The average Bonchev–Trinajstić information content (AvgIpc) is 2.86. The number of likely N-dealkylation sites (tertiary alicyclic amines) is 1. The molecule has 2 aromatic carbocycles. The number of amides is 3. The van der Waals surface area contributed by atoms with E-state index in [2.05, 4.69) is 10.9 Å². The van der Waals surface area contributed by atoms with Crippen LogP contribution in [-0.4, -0.2) is 48.9 Å². The zero-order chi connectivity index (χ0) is 22.3. The highest BCUT2D eigenvalue weighted by atomic mass is 16.6. The second-order valence-electron chi connectivity index (χ2n) is 7.65. The summed E-state index contributed by atoms with van der Waals surface area (Å²) in [7, 11) is 0. The molecule has 0 unspecified atom stereocenters. The van der Waals surface area contributed by atoms with Gasteiger partial charge in [0.2, 0.25) is 11.8 Å². The third kappa shape index (κ3) is 5.26. The molecule has 0 radical (unpaired) electrons. The molecule has 0 aromatic heterocycles. The van der Waals surface area contributed by atoms with Gasteiger partial charge in [0.25, 0.3) is 5.91 Å². The molecule has 8 heteroatoms. The quantitative estimate of drug-likeness (QED) is 0.567. The summed E-state index contributed by atoms with van der Waals surface area (Å²) in [6.07, 6.45) is 4.42. The van der Waals surface area contributed by atoms with Gasteiger partial charge in [0.15, 0.2) is 11.5 Å². The minimum atomic E-state index is -0.436. The van der Waals surface area contributed by atoms with Crippen molar-refractivity contribution in [2.75, 3.05) is 26.3 Å². The minimum absolute atomic E-state index is 0.0698. The zero-order valence-electron chi connectivity index (χ0n) is 17.6. The molecule has 166 valence electrons. The van der Waals surface area contributed by atoms with Crippen molar-refractivity contribution in [3.05, 3.63) is 65.7 Å². The van der Waals surface area contributed by atoms with Gasteiger partial charge in [0, 0.05) is 30.6 Å². The first kappa shape index (κ1) is 21.4. The van der Waals surface area contributed by atoms with E-state index >= 15 is 0 Å². The standard InChI is InChI=1S/C24H25N3O5/c28-22(9-6-17-4-2-1-3-5-17)27-12-10-18(11-13-27)23(29)25-26-24(30)19-7-8-20-21(16-19)32-15-14-31-20/h1-9,16,18H,10-15H2,(H,25,29)(H,26,30)/b9-6+. The summed E-state index contributed by atoms with van der Waals surface area (Å²) in [5.41, 5.74) is 6.27. The summed E-state index contributed by atoms with van der Waals surface area (Å²) in [4.78, 5) is 38.9. The molecule has 0 spiro atoms. The number of ether oxygens (including phenoxy) is 2. The fourth-order valence-corrected chi connectivity index (χ4v) is 3.68. The smallest absolute Gasteiger partial charge is 0.269 e. The van der Waals surface area contributed by atoms with Crippen molar-refractivity contribution in [3.63, 3.8) is 0 Å². The molecule has 0 aliphatic carbocycles. The number of nitrogens with zero attached hydrogens (tertiary/aromatic N) is 1. The van der Waals surface area contributed by atoms with Crippen LogP contribution in [0, 0.1) is 5.92 Å². The van der Waals surface area contributed by atoms with Crippen LogP contribution in [0.3, 0.4) is 0 Å². The Morgan fingerprint density at radius 1 is 0.906 bits per heavy atom. The van der Waals surface area contributed by atoms with Gasteiger partial charge in [-0.3, -0.25) is 25.2 Å². The maximum atomic E-state index is 12.5. The van der Waals surface area contributed by atoms with Gasteiger partial charge in [-0.1, -0.05) is 30.3 Å². The Balaban J connectivity index is 1.23. The molecule has 2 aliphatic rings. The van der Waals surface area contributed by atoms with E-state index in [1.54, 1.807) is 35.3 Å². The van der Waals surface area contributed by atoms with E-state index in [1.807, 2.05) is 30.3 Å². The Kier molecular flexibility index (Phi) is 6.69. The molecular weight excluding hydrogens is 410 g/mol. The molecule has 1 saturated heterocycles. The van der Waals surface area contributed by atoms with E-state index in [0.717, 1.165) is 5.56 Å². The molecular formula is C24H25N3O5. The van der Waals surface area contributed by atoms with Crippen LogP contribution in [0.15, 0.2) is 54.6 Å². The molecule has 0 bridgehead atoms. The van der Waals surface area contributed by atoms with Crippen molar-refractivity contribution >= 4 is 23.8 Å². The van der Waals surface area contributed by atoms with Crippen LogP contribution in [0.25, 0.3) is 6.08 Å². The summed E-state index contributed by atoms with van der Waals surface area (Å²) in [6, 6.07) is 14.5. The molecule has 2 heterocycles. The number of benzene rings is 2. The topological polar surface area (TPSA) is 97.0 Å². The predicted molar refractivity (Wildman–Crippen MR) is 118 cm³/mol. The van der Waals surface area contributed by atoms with Crippen molar-refractivity contribution in [2.45, 2.75) is 12.8 Å². The van der Waals surface area contributed by atoms with Crippen molar-refractivity contribution < 1.29 is 23.9 Å². The second-order valence-corrected chi connectivity index (χ2v) is 7.65. The lowest BCUT2D eigenvalue weighted by Crippen LogP contribution is -2.48. The third-order valence-corrected chi connectivity index (χ3v) is 5.50. The van der Waals surface area contributed by atoms with E-state index in [4.69, 9.17) is 9.47 Å². The number of hydrazine groups is 1. The molecule has 1 fully saturated rings. The number of carbonyl (C=O) groups excluding carboxylic acids is 3. The first-order valence-electron chi connectivity index (χ1n) is 10.6. The number of nitrogens with one attached hydrogen (secondary N) is 2. The first-order chi connectivity index (χ1) is 15.6. The van der Waals surface area contributed by atoms with Gasteiger partial charge in [0.1, 0.15) is 13.2 Å². The maximum absolute atomic E-state index is 12.5. The molecule has 8 nitrogen and oxygen atoms in total. The molecule has 2 aliphatic heterocycles. The number of carbonyl (C=O) groups is 3. The zero-order valence-corrected chi connectivity index (χ0v) is 17.6. The van der Waals surface area contributed by atoms with Gasteiger partial charge in [0.05, 0.1) is 0 Å². The lowest BCUT2D eigenvalue weighted by Gasteiger charge is -2.30. The fourth-order valence-electron chi connectivity index (χ4n) is 3.68. The SMILES string of the molecule is O=C(NNC(=O)C1CCN(C(=O)/C=C/c2ccccc2)CC1)c1ccc2c(c1)OCCO2. The van der Waals surface area contributed by atoms with Gasteiger partial charge >= 0.3 is 0 Å². The van der Waals surface area contributed by atoms with Gasteiger partial charge < -0.3 is 14.4 Å². The molecule has 4 rings (SSSR count). The molecule has 0 atom stereocenters. The number of hydrogen-bond acceptors (Lipinski definition) is 5. The van der Waals surface area contributed by atoms with Crippen LogP contribution in [0.2, 0.25) is 0 Å². The molecule has 32 heavy (non-hydrogen) atoms. The average molecular weight is 435 g/mol. The Morgan fingerprint density at radius 3 is 2.38 bits per heavy atom. The number of piperidine rings is 1. The Morgan fingerprint density at radius 2 is 1.62 bits per heavy atom. The monoisotopic (exact) mass is 435 g/mol. The minimum Gasteiger partial charge on any atom is -0.486 e. The van der Waals surface area contributed by atoms with Crippen LogP contribution in [0.4, 0.5) is 0 Å². The van der Waals surface area contributed by atoms with Gasteiger partial charge in [-0.15, -0.1) is 0 Å². The van der Waals surface area contributed by atoms with Crippen molar-refractivity contribution in [2.24, 2.45) is 5.92 Å². The maximum Gasteiger partial charge on any atom is 0.269 e.